The molecule has 1 unspecified atom stereocenters. The van der Waals surface area contributed by atoms with Gasteiger partial charge in [-0.1, -0.05) is 6.92 Å². The van der Waals surface area contributed by atoms with E-state index in [9.17, 15) is 5.11 Å². The number of aliphatic hydroxyl groups is 1. The minimum atomic E-state index is -0.461. The maximum atomic E-state index is 9.37. The van der Waals surface area contributed by atoms with Crippen LogP contribution in [0.25, 0.3) is 0 Å². The Bertz CT molecular complexity index is 392. The fourth-order valence-electron chi connectivity index (χ4n) is 1.32. The van der Waals surface area contributed by atoms with E-state index in [0.717, 1.165) is 6.42 Å². The lowest BCUT2D eigenvalue weighted by Gasteiger charge is -2.28. The van der Waals surface area contributed by atoms with Crippen LogP contribution in [0.3, 0.4) is 0 Å². The van der Waals surface area contributed by atoms with E-state index in [1.165, 1.54) is 6.33 Å². The molecule has 0 spiro atoms. The van der Waals surface area contributed by atoms with Crippen LogP contribution in [0.1, 0.15) is 34.1 Å². The lowest BCUT2D eigenvalue weighted by molar-refractivity contribution is 0.218. The molecule has 0 aliphatic rings. The molecule has 0 radical (unpaired) electrons. The van der Waals surface area contributed by atoms with Crippen LogP contribution in [-0.4, -0.2) is 33.3 Å². The second kappa shape index (κ2) is 5.86. The van der Waals surface area contributed by atoms with Crippen LogP contribution in [-0.2, 0) is 0 Å². The highest BCUT2D eigenvalue weighted by Crippen LogP contribution is 2.28. The topological polar surface area (TPSA) is 93.3 Å². The van der Waals surface area contributed by atoms with Crippen molar-refractivity contribution >= 4 is 11.5 Å². The molecule has 0 saturated heterocycles. The molecule has 0 saturated carbocycles. The molecule has 1 atom stereocenters. The summed E-state index contributed by atoms with van der Waals surface area (Å²) >= 11 is 0. The number of hydrogen-bond acceptors (Lipinski definition) is 6. The number of hydrogen-bond donors (Lipinski definition) is 3. The number of nitrogen functional groups attached to an aromatic ring is 1. The molecule has 102 valence electrons. The van der Waals surface area contributed by atoms with Crippen molar-refractivity contribution < 1.29 is 9.84 Å². The van der Waals surface area contributed by atoms with Crippen molar-refractivity contribution in [2.24, 2.45) is 0 Å². The van der Waals surface area contributed by atoms with Gasteiger partial charge in [0.2, 0.25) is 5.88 Å². The van der Waals surface area contributed by atoms with Gasteiger partial charge in [-0.05, 0) is 27.2 Å². The Labute approximate surface area is 108 Å². The number of anilines is 2. The fourth-order valence-corrected chi connectivity index (χ4v) is 1.32. The number of aromatic nitrogens is 2. The summed E-state index contributed by atoms with van der Waals surface area (Å²) in [6.45, 7) is 7.67. The van der Waals surface area contributed by atoms with Gasteiger partial charge < -0.3 is 20.9 Å². The Morgan fingerprint density at radius 3 is 2.67 bits per heavy atom. The van der Waals surface area contributed by atoms with Gasteiger partial charge in [0.15, 0.2) is 5.82 Å². The van der Waals surface area contributed by atoms with Gasteiger partial charge in [0, 0.05) is 0 Å². The van der Waals surface area contributed by atoms with Crippen molar-refractivity contribution in [3.05, 3.63) is 6.33 Å². The number of nitrogens with zero attached hydrogens (tertiary/aromatic N) is 2. The monoisotopic (exact) mass is 254 g/mol. The van der Waals surface area contributed by atoms with Gasteiger partial charge in [-0.3, -0.25) is 0 Å². The van der Waals surface area contributed by atoms with Crippen LogP contribution >= 0.6 is 0 Å². The molecule has 1 aromatic rings. The fraction of sp³-hybridized carbons (Fsp3) is 0.667. The molecule has 0 aromatic carbocycles. The van der Waals surface area contributed by atoms with Crippen LogP contribution in [0.15, 0.2) is 6.33 Å². The average molecular weight is 254 g/mol. The van der Waals surface area contributed by atoms with E-state index < -0.39 is 5.54 Å². The van der Waals surface area contributed by atoms with E-state index in [0.29, 0.717) is 17.4 Å². The van der Waals surface area contributed by atoms with Crippen LogP contribution in [0.2, 0.25) is 0 Å². The smallest absolute Gasteiger partial charge is 0.242 e. The molecule has 0 amide bonds. The van der Waals surface area contributed by atoms with Crippen LogP contribution in [0, 0.1) is 0 Å². The molecule has 0 fully saturated rings. The maximum absolute atomic E-state index is 9.37. The molecule has 1 aromatic heterocycles. The first-order valence-corrected chi connectivity index (χ1v) is 6.08. The summed E-state index contributed by atoms with van der Waals surface area (Å²) < 4.78 is 5.49. The summed E-state index contributed by atoms with van der Waals surface area (Å²) in [4.78, 5) is 8.09. The maximum Gasteiger partial charge on any atom is 0.242 e. The summed E-state index contributed by atoms with van der Waals surface area (Å²) in [7, 11) is 0. The number of nitrogens with two attached hydrogens (primary N) is 1. The summed E-state index contributed by atoms with van der Waals surface area (Å²) in [5, 5.41) is 12.5. The van der Waals surface area contributed by atoms with Gasteiger partial charge in [-0.25, -0.2) is 4.98 Å². The zero-order valence-electron chi connectivity index (χ0n) is 11.4. The zero-order valence-corrected chi connectivity index (χ0v) is 11.4. The van der Waals surface area contributed by atoms with Gasteiger partial charge in [0.05, 0.1) is 18.2 Å². The third-order valence-corrected chi connectivity index (χ3v) is 2.74. The minimum Gasteiger partial charge on any atom is -0.473 e. The Kier molecular flexibility index (Phi) is 4.72. The molecule has 6 heteroatoms. The molecule has 18 heavy (non-hydrogen) atoms. The second-order valence-electron chi connectivity index (χ2n) is 4.81. The lowest BCUT2D eigenvalue weighted by Crippen LogP contribution is -2.38. The first-order chi connectivity index (χ1) is 8.41. The van der Waals surface area contributed by atoms with Crippen molar-refractivity contribution in [1.82, 2.24) is 9.97 Å². The molecule has 0 bridgehead atoms. The molecule has 4 N–H and O–H groups in total. The van der Waals surface area contributed by atoms with Crippen LogP contribution < -0.4 is 15.8 Å². The van der Waals surface area contributed by atoms with Crippen LogP contribution in [0.4, 0.5) is 11.5 Å². The van der Waals surface area contributed by atoms with E-state index in [1.54, 1.807) is 0 Å². The normalized spacial score (nSPS) is 14.3. The summed E-state index contributed by atoms with van der Waals surface area (Å²) in [5.74, 6) is 0.845. The van der Waals surface area contributed by atoms with Gasteiger partial charge in [0.1, 0.15) is 12.0 Å². The molecule has 0 aliphatic heterocycles. The summed E-state index contributed by atoms with van der Waals surface area (Å²) in [6, 6.07) is 0. The van der Waals surface area contributed by atoms with E-state index >= 15 is 0 Å². The van der Waals surface area contributed by atoms with Crippen molar-refractivity contribution in [2.75, 3.05) is 17.7 Å². The SMILES string of the molecule is CCC(C)(CO)Nc1ncnc(OC(C)C)c1N. The van der Waals surface area contributed by atoms with E-state index in [2.05, 4.69) is 15.3 Å². The Balaban J connectivity index is 2.96. The molecular formula is C12H22N4O2. The first-order valence-electron chi connectivity index (χ1n) is 6.08. The zero-order chi connectivity index (χ0) is 13.8. The Hall–Kier alpha value is -1.56. The van der Waals surface area contributed by atoms with Crippen LogP contribution in [0.5, 0.6) is 5.88 Å². The van der Waals surface area contributed by atoms with Gasteiger partial charge >= 0.3 is 0 Å². The quantitative estimate of drug-likeness (QED) is 0.711. The van der Waals surface area contributed by atoms with E-state index in [-0.39, 0.29) is 12.7 Å². The lowest BCUT2D eigenvalue weighted by atomic mass is 10.0. The average Bonchev–Trinajstić information content (AvgIpc) is 2.33. The Morgan fingerprint density at radius 2 is 2.17 bits per heavy atom. The van der Waals surface area contributed by atoms with E-state index in [4.69, 9.17) is 10.5 Å². The number of ether oxygens (including phenoxy) is 1. The van der Waals surface area contributed by atoms with E-state index in [1.807, 2.05) is 27.7 Å². The summed E-state index contributed by atoms with van der Waals surface area (Å²) in [6.07, 6.45) is 2.13. The highest BCUT2D eigenvalue weighted by atomic mass is 16.5. The predicted octanol–water partition coefficient (Wildman–Crippen LogP) is 1.42. The van der Waals surface area contributed by atoms with Crippen molar-refractivity contribution in [3.63, 3.8) is 0 Å². The molecule has 1 heterocycles. The predicted molar refractivity (Wildman–Crippen MR) is 71.6 cm³/mol. The second-order valence-corrected chi connectivity index (χ2v) is 4.81. The van der Waals surface area contributed by atoms with Gasteiger partial charge in [0.25, 0.3) is 0 Å². The largest absolute Gasteiger partial charge is 0.473 e. The standard InChI is InChI=1S/C12H22N4O2/c1-5-12(4,6-17)16-10-9(13)11(15-7-14-10)18-8(2)3/h7-8,17H,5-6,13H2,1-4H3,(H,14,15,16). The van der Waals surface area contributed by atoms with Gasteiger partial charge in [-0.15, -0.1) is 0 Å². The minimum absolute atomic E-state index is 0.00663. The highest BCUT2D eigenvalue weighted by molar-refractivity contribution is 5.67. The molecule has 6 nitrogen and oxygen atoms in total. The third kappa shape index (κ3) is 3.46. The first kappa shape index (κ1) is 14.5. The van der Waals surface area contributed by atoms with Crippen molar-refractivity contribution in [3.8, 4) is 5.88 Å². The molecule has 1 rings (SSSR count). The number of aliphatic hydroxyl groups excluding tert-OH is 1. The number of rotatable bonds is 6. The summed E-state index contributed by atoms with van der Waals surface area (Å²) in [5.41, 5.74) is 5.85. The molecular weight excluding hydrogens is 232 g/mol. The molecule has 0 aliphatic carbocycles. The number of nitrogens with one attached hydrogen (secondary N) is 1. The van der Waals surface area contributed by atoms with Crippen molar-refractivity contribution in [2.45, 2.75) is 45.8 Å². The third-order valence-electron chi connectivity index (χ3n) is 2.74. The van der Waals surface area contributed by atoms with Crippen molar-refractivity contribution in [1.29, 1.82) is 0 Å². The Morgan fingerprint density at radius 1 is 1.50 bits per heavy atom. The highest BCUT2D eigenvalue weighted by Gasteiger charge is 2.23. The van der Waals surface area contributed by atoms with Gasteiger partial charge in [-0.2, -0.15) is 4.98 Å².